The van der Waals surface area contributed by atoms with Crippen LogP contribution >= 0.6 is 11.6 Å². The second-order valence-corrected chi connectivity index (χ2v) is 7.58. The van der Waals surface area contributed by atoms with E-state index in [1.165, 1.54) is 11.1 Å². The van der Waals surface area contributed by atoms with Crippen molar-refractivity contribution in [3.8, 4) is 0 Å². The number of guanidine groups is 1. The predicted molar refractivity (Wildman–Crippen MR) is 119 cm³/mol. The molecule has 1 aromatic heterocycles. The van der Waals surface area contributed by atoms with Crippen molar-refractivity contribution in [1.29, 1.82) is 0 Å². The molecule has 2 heterocycles. The first-order chi connectivity index (χ1) is 14.2. The van der Waals surface area contributed by atoms with Crippen LogP contribution in [0.1, 0.15) is 22.7 Å². The van der Waals surface area contributed by atoms with Crippen LogP contribution in [0, 0.1) is 6.92 Å². The van der Waals surface area contributed by atoms with Crippen LogP contribution in [-0.4, -0.2) is 62.3 Å². The molecule has 6 nitrogen and oxygen atoms in total. The van der Waals surface area contributed by atoms with Gasteiger partial charge in [0.2, 0.25) is 0 Å². The van der Waals surface area contributed by atoms with E-state index < -0.39 is 0 Å². The quantitative estimate of drug-likeness (QED) is 0.413. The number of aromatic nitrogens is 1. The largest absolute Gasteiger partial charge is 0.379 e. The predicted octanol–water partition coefficient (Wildman–Crippen LogP) is 2.82. The molecule has 3 rings (SSSR count). The fourth-order valence-corrected chi connectivity index (χ4v) is 3.63. The molecule has 156 valence electrons. The number of nitrogens with one attached hydrogen (secondary N) is 2. The lowest BCUT2D eigenvalue weighted by molar-refractivity contribution is 0.0170. The number of pyridine rings is 1. The second-order valence-electron chi connectivity index (χ2n) is 7.20. The lowest BCUT2D eigenvalue weighted by Crippen LogP contribution is -2.46. The van der Waals surface area contributed by atoms with Crippen molar-refractivity contribution in [3.63, 3.8) is 0 Å². The number of ether oxygens (including phenoxy) is 1. The summed E-state index contributed by atoms with van der Waals surface area (Å²) in [6.45, 7) is 7.14. The third kappa shape index (κ3) is 6.70. The number of benzene rings is 1. The Morgan fingerprint density at radius 1 is 1.24 bits per heavy atom. The summed E-state index contributed by atoms with van der Waals surface area (Å²) in [4.78, 5) is 11.0. The molecule has 1 aromatic carbocycles. The summed E-state index contributed by atoms with van der Waals surface area (Å²) >= 11 is 5.85. The number of hydrogen-bond acceptors (Lipinski definition) is 4. The lowest BCUT2D eigenvalue weighted by Gasteiger charge is -2.35. The van der Waals surface area contributed by atoms with Crippen molar-refractivity contribution in [2.45, 2.75) is 19.4 Å². The van der Waals surface area contributed by atoms with Gasteiger partial charge in [-0.2, -0.15) is 0 Å². The van der Waals surface area contributed by atoms with Gasteiger partial charge in [-0.15, -0.1) is 0 Å². The number of halogens is 1. The van der Waals surface area contributed by atoms with Gasteiger partial charge >= 0.3 is 0 Å². The highest BCUT2D eigenvalue weighted by Gasteiger charge is 2.23. The van der Waals surface area contributed by atoms with Crippen LogP contribution in [-0.2, 0) is 11.2 Å². The fraction of sp³-hybridized carbons (Fsp3) is 0.455. The monoisotopic (exact) mass is 415 g/mol. The standard InChI is InChI=1S/C22H30ClN5O/c1-17-4-3-5-19(14-17)20(28-10-12-29-13-11-28)16-27-22(24-2)25-9-8-18-6-7-21(23)26-15-18/h3-7,14-15,20H,8-13,16H2,1-2H3,(H2,24,25,27). The van der Waals surface area contributed by atoms with Gasteiger partial charge in [-0.3, -0.25) is 9.89 Å². The Bertz CT molecular complexity index is 790. The molecule has 0 radical (unpaired) electrons. The number of nitrogens with zero attached hydrogens (tertiary/aromatic N) is 3. The summed E-state index contributed by atoms with van der Waals surface area (Å²) in [5.41, 5.74) is 3.74. The lowest BCUT2D eigenvalue weighted by atomic mass is 10.0. The molecule has 0 saturated carbocycles. The van der Waals surface area contributed by atoms with Gasteiger partial charge in [0.1, 0.15) is 5.15 Å². The fourth-order valence-electron chi connectivity index (χ4n) is 3.52. The van der Waals surface area contributed by atoms with Crippen molar-refractivity contribution < 1.29 is 4.74 Å². The average Bonchev–Trinajstić information content (AvgIpc) is 2.75. The smallest absolute Gasteiger partial charge is 0.191 e. The number of morpholine rings is 1. The number of hydrogen-bond donors (Lipinski definition) is 2. The maximum Gasteiger partial charge on any atom is 0.191 e. The van der Waals surface area contributed by atoms with Crippen molar-refractivity contribution >= 4 is 17.6 Å². The minimum absolute atomic E-state index is 0.276. The Balaban J connectivity index is 1.57. The van der Waals surface area contributed by atoms with E-state index in [4.69, 9.17) is 16.3 Å². The molecule has 0 aliphatic carbocycles. The van der Waals surface area contributed by atoms with Gasteiger partial charge in [-0.1, -0.05) is 47.5 Å². The summed E-state index contributed by atoms with van der Waals surface area (Å²) in [5.74, 6) is 0.804. The molecule has 7 heteroatoms. The van der Waals surface area contributed by atoms with Crippen molar-refractivity contribution in [2.75, 3.05) is 46.4 Å². The molecule has 0 spiro atoms. The number of aliphatic imine (C=N–C) groups is 1. The normalized spacial score (nSPS) is 16.4. The molecule has 1 atom stereocenters. The molecule has 2 N–H and O–H groups in total. The topological polar surface area (TPSA) is 61.8 Å². The SMILES string of the molecule is CN=C(NCCc1ccc(Cl)nc1)NCC(c1cccc(C)c1)N1CCOCC1. The van der Waals surface area contributed by atoms with E-state index >= 15 is 0 Å². The van der Waals surface area contributed by atoms with E-state index in [1.54, 1.807) is 7.05 Å². The Kier molecular flexibility index (Phi) is 8.28. The minimum atomic E-state index is 0.276. The molecule has 1 fully saturated rings. The maximum absolute atomic E-state index is 5.85. The molecule has 0 bridgehead atoms. The van der Waals surface area contributed by atoms with Gasteiger partial charge in [0.05, 0.1) is 19.3 Å². The first-order valence-electron chi connectivity index (χ1n) is 10.1. The van der Waals surface area contributed by atoms with Gasteiger partial charge < -0.3 is 15.4 Å². The zero-order valence-corrected chi connectivity index (χ0v) is 18.0. The highest BCUT2D eigenvalue weighted by Crippen LogP contribution is 2.22. The van der Waals surface area contributed by atoms with Crippen molar-refractivity contribution in [3.05, 3.63) is 64.4 Å². The Labute approximate surface area is 178 Å². The van der Waals surface area contributed by atoms with Crippen LogP contribution < -0.4 is 10.6 Å². The van der Waals surface area contributed by atoms with Crippen LogP contribution in [0.15, 0.2) is 47.6 Å². The van der Waals surface area contributed by atoms with Gasteiger partial charge in [0.25, 0.3) is 0 Å². The zero-order chi connectivity index (χ0) is 20.5. The number of rotatable bonds is 7. The Hall–Kier alpha value is -2.15. The van der Waals surface area contributed by atoms with Crippen molar-refractivity contribution in [2.24, 2.45) is 4.99 Å². The molecule has 1 unspecified atom stereocenters. The van der Waals surface area contributed by atoms with Gasteiger partial charge in [0, 0.05) is 39.4 Å². The van der Waals surface area contributed by atoms with Crippen LogP contribution in [0.5, 0.6) is 0 Å². The summed E-state index contributed by atoms with van der Waals surface area (Å²) in [5, 5.41) is 7.41. The van der Waals surface area contributed by atoms with Crippen LogP contribution in [0.2, 0.25) is 5.15 Å². The minimum Gasteiger partial charge on any atom is -0.379 e. The van der Waals surface area contributed by atoms with E-state index in [2.05, 4.69) is 56.7 Å². The van der Waals surface area contributed by atoms with Gasteiger partial charge in [0.15, 0.2) is 5.96 Å². The summed E-state index contributed by atoms with van der Waals surface area (Å²) in [6, 6.07) is 12.8. The average molecular weight is 416 g/mol. The first-order valence-corrected chi connectivity index (χ1v) is 10.5. The van der Waals surface area contributed by atoms with Crippen LogP contribution in [0.3, 0.4) is 0 Å². The molecular formula is C22H30ClN5O. The van der Waals surface area contributed by atoms with Crippen molar-refractivity contribution in [1.82, 2.24) is 20.5 Å². The molecule has 1 aliphatic rings. The molecule has 1 aliphatic heterocycles. The van der Waals surface area contributed by atoms with Crippen LogP contribution in [0.4, 0.5) is 0 Å². The highest BCUT2D eigenvalue weighted by molar-refractivity contribution is 6.29. The molecule has 1 saturated heterocycles. The Morgan fingerprint density at radius 2 is 2.07 bits per heavy atom. The first kappa shape index (κ1) is 21.6. The molecule has 29 heavy (non-hydrogen) atoms. The van der Waals surface area contributed by atoms with E-state index in [-0.39, 0.29) is 6.04 Å². The van der Waals surface area contributed by atoms with Gasteiger partial charge in [-0.05, 0) is 30.5 Å². The van der Waals surface area contributed by atoms with E-state index in [1.807, 2.05) is 18.3 Å². The Morgan fingerprint density at radius 3 is 2.76 bits per heavy atom. The second kappa shape index (κ2) is 11.1. The van der Waals surface area contributed by atoms with E-state index in [9.17, 15) is 0 Å². The molecule has 2 aromatic rings. The summed E-state index contributed by atoms with van der Waals surface area (Å²) < 4.78 is 5.55. The molecule has 0 amide bonds. The van der Waals surface area contributed by atoms with Crippen LogP contribution in [0.25, 0.3) is 0 Å². The summed E-state index contributed by atoms with van der Waals surface area (Å²) in [7, 11) is 1.80. The third-order valence-corrected chi connectivity index (χ3v) is 5.32. The summed E-state index contributed by atoms with van der Waals surface area (Å²) in [6.07, 6.45) is 2.67. The highest BCUT2D eigenvalue weighted by atomic mass is 35.5. The maximum atomic E-state index is 5.85. The van der Waals surface area contributed by atoms with Gasteiger partial charge in [-0.25, -0.2) is 4.98 Å². The molecular weight excluding hydrogens is 386 g/mol. The number of aryl methyl sites for hydroxylation is 1. The van der Waals surface area contributed by atoms with E-state index in [0.717, 1.165) is 57.3 Å². The van der Waals surface area contributed by atoms with E-state index in [0.29, 0.717) is 5.15 Å². The third-order valence-electron chi connectivity index (χ3n) is 5.09. The zero-order valence-electron chi connectivity index (χ0n) is 17.2.